The maximum atomic E-state index is 12.5. The SMILES string of the molecule is O=C(CC1CCCC1)N1CCC(n2nc(-c3ccccc3)oc2=O)CC1. The summed E-state index contributed by atoms with van der Waals surface area (Å²) in [6.45, 7) is 1.38. The summed E-state index contributed by atoms with van der Waals surface area (Å²) >= 11 is 0. The number of nitrogens with zero attached hydrogens (tertiary/aromatic N) is 3. The van der Waals surface area contributed by atoms with E-state index in [9.17, 15) is 9.59 Å². The van der Waals surface area contributed by atoms with Gasteiger partial charge < -0.3 is 9.32 Å². The summed E-state index contributed by atoms with van der Waals surface area (Å²) in [5, 5.41) is 4.39. The lowest BCUT2D eigenvalue weighted by Gasteiger charge is -2.32. The van der Waals surface area contributed by atoms with E-state index in [2.05, 4.69) is 5.10 Å². The van der Waals surface area contributed by atoms with Crippen molar-refractivity contribution in [3.63, 3.8) is 0 Å². The van der Waals surface area contributed by atoms with Gasteiger partial charge in [0, 0.05) is 25.1 Å². The van der Waals surface area contributed by atoms with Crippen molar-refractivity contribution in [3.8, 4) is 11.5 Å². The molecule has 2 aliphatic rings. The molecule has 1 aromatic carbocycles. The van der Waals surface area contributed by atoms with Crippen LogP contribution in [0.25, 0.3) is 11.5 Å². The van der Waals surface area contributed by atoms with Gasteiger partial charge in [0.2, 0.25) is 11.8 Å². The third-order valence-corrected chi connectivity index (χ3v) is 5.69. The van der Waals surface area contributed by atoms with Crippen LogP contribution in [0.4, 0.5) is 0 Å². The van der Waals surface area contributed by atoms with Crippen molar-refractivity contribution in [3.05, 3.63) is 40.9 Å². The van der Waals surface area contributed by atoms with Gasteiger partial charge in [-0.05, 0) is 43.7 Å². The van der Waals surface area contributed by atoms with Crippen LogP contribution in [-0.2, 0) is 4.79 Å². The molecule has 1 aliphatic carbocycles. The van der Waals surface area contributed by atoms with Crippen LogP contribution in [0.1, 0.15) is 51.0 Å². The molecule has 4 rings (SSSR count). The number of hydrogen-bond acceptors (Lipinski definition) is 4. The van der Waals surface area contributed by atoms with E-state index < -0.39 is 5.76 Å². The number of rotatable bonds is 4. The van der Waals surface area contributed by atoms with Crippen LogP contribution in [0.2, 0.25) is 0 Å². The van der Waals surface area contributed by atoms with Gasteiger partial charge in [-0.3, -0.25) is 4.79 Å². The largest absolute Gasteiger partial charge is 0.437 e. The summed E-state index contributed by atoms with van der Waals surface area (Å²) in [7, 11) is 0. The smallest absolute Gasteiger partial charge is 0.388 e. The monoisotopic (exact) mass is 355 g/mol. The van der Waals surface area contributed by atoms with E-state index in [0.717, 1.165) is 18.4 Å². The number of piperidine rings is 1. The van der Waals surface area contributed by atoms with Crippen LogP contribution in [0.3, 0.4) is 0 Å². The molecule has 6 nitrogen and oxygen atoms in total. The van der Waals surface area contributed by atoms with Crippen molar-refractivity contribution in [2.45, 2.75) is 51.0 Å². The molecule has 0 atom stereocenters. The van der Waals surface area contributed by atoms with Gasteiger partial charge in [-0.15, -0.1) is 5.10 Å². The lowest BCUT2D eigenvalue weighted by atomic mass is 10.0. The van der Waals surface area contributed by atoms with Crippen LogP contribution in [-0.4, -0.2) is 33.7 Å². The van der Waals surface area contributed by atoms with Crippen LogP contribution in [0.5, 0.6) is 0 Å². The number of likely N-dealkylation sites (tertiary alicyclic amines) is 1. The first kappa shape index (κ1) is 17.1. The number of amides is 1. The highest BCUT2D eigenvalue weighted by Gasteiger charge is 2.28. The van der Waals surface area contributed by atoms with E-state index in [-0.39, 0.29) is 11.9 Å². The highest BCUT2D eigenvalue weighted by atomic mass is 16.4. The first-order valence-corrected chi connectivity index (χ1v) is 9.63. The minimum Gasteiger partial charge on any atom is -0.388 e. The molecule has 1 aliphatic heterocycles. The Kier molecular flexibility index (Phi) is 4.91. The summed E-state index contributed by atoms with van der Waals surface area (Å²) in [6.07, 6.45) is 7.09. The zero-order valence-corrected chi connectivity index (χ0v) is 15.0. The molecule has 138 valence electrons. The Labute approximate surface area is 152 Å². The molecular weight excluding hydrogens is 330 g/mol. The Morgan fingerprint density at radius 3 is 2.46 bits per heavy atom. The molecule has 0 N–H and O–H groups in total. The van der Waals surface area contributed by atoms with E-state index >= 15 is 0 Å². The molecule has 1 saturated heterocycles. The predicted molar refractivity (Wildman–Crippen MR) is 97.6 cm³/mol. The quantitative estimate of drug-likeness (QED) is 0.844. The molecule has 1 amide bonds. The fourth-order valence-electron chi connectivity index (χ4n) is 4.17. The minimum absolute atomic E-state index is 0.000701. The summed E-state index contributed by atoms with van der Waals surface area (Å²) in [5.41, 5.74) is 0.799. The van der Waals surface area contributed by atoms with Gasteiger partial charge in [-0.1, -0.05) is 31.0 Å². The number of carbonyl (C=O) groups excluding carboxylic acids is 1. The van der Waals surface area contributed by atoms with Crippen LogP contribution in [0, 0.1) is 5.92 Å². The second kappa shape index (κ2) is 7.48. The van der Waals surface area contributed by atoms with Gasteiger partial charge >= 0.3 is 5.76 Å². The second-order valence-corrected chi connectivity index (χ2v) is 7.45. The summed E-state index contributed by atoms with van der Waals surface area (Å²) < 4.78 is 6.79. The van der Waals surface area contributed by atoms with Crippen molar-refractivity contribution in [1.82, 2.24) is 14.7 Å². The van der Waals surface area contributed by atoms with Crippen molar-refractivity contribution < 1.29 is 9.21 Å². The van der Waals surface area contributed by atoms with E-state index in [1.807, 2.05) is 35.2 Å². The molecular formula is C20H25N3O3. The Bertz CT molecular complexity index is 797. The Hall–Kier alpha value is -2.37. The van der Waals surface area contributed by atoms with Gasteiger partial charge in [0.05, 0.1) is 6.04 Å². The van der Waals surface area contributed by atoms with Gasteiger partial charge in [-0.25, -0.2) is 4.79 Å². The first-order chi connectivity index (χ1) is 12.7. The molecule has 0 unspecified atom stereocenters. The molecule has 2 heterocycles. The molecule has 0 spiro atoms. The molecule has 2 fully saturated rings. The normalized spacial score (nSPS) is 19.2. The van der Waals surface area contributed by atoms with Crippen molar-refractivity contribution in [1.29, 1.82) is 0 Å². The Balaban J connectivity index is 1.38. The van der Waals surface area contributed by atoms with Crippen molar-refractivity contribution in [2.24, 2.45) is 5.92 Å². The fraction of sp³-hybridized carbons (Fsp3) is 0.550. The first-order valence-electron chi connectivity index (χ1n) is 9.63. The fourth-order valence-corrected chi connectivity index (χ4v) is 4.17. The summed E-state index contributed by atoms with van der Waals surface area (Å²) in [5.74, 6) is 0.787. The Morgan fingerprint density at radius 2 is 1.77 bits per heavy atom. The third-order valence-electron chi connectivity index (χ3n) is 5.69. The number of hydrogen-bond donors (Lipinski definition) is 0. The van der Waals surface area contributed by atoms with E-state index in [1.165, 1.54) is 30.4 Å². The lowest BCUT2D eigenvalue weighted by Crippen LogP contribution is -2.41. The van der Waals surface area contributed by atoms with E-state index in [1.54, 1.807) is 0 Å². The lowest BCUT2D eigenvalue weighted by molar-refractivity contribution is -0.133. The molecule has 0 radical (unpaired) electrons. The van der Waals surface area contributed by atoms with Gasteiger partial charge in [0.1, 0.15) is 0 Å². The average molecular weight is 355 g/mol. The molecule has 26 heavy (non-hydrogen) atoms. The number of aromatic nitrogens is 2. The summed E-state index contributed by atoms with van der Waals surface area (Å²) in [6, 6.07) is 9.45. The standard InChI is InChI=1S/C20H25N3O3/c24-18(14-15-6-4-5-7-15)22-12-10-17(11-13-22)23-20(25)26-19(21-23)16-8-2-1-3-9-16/h1-3,8-9,15,17H,4-7,10-14H2. The van der Waals surface area contributed by atoms with Crippen molar-refractivity contribution in [2.75, 3.05) is 13.1 Å². The number of benzene rings is 1. The summed E-state index contributed by atoms with van der Waals surface area (Å²) in [4.78, 5) is 26.6. The molecule has 6 heteroatoms. The maximum absolute atomic E-state index is 12.5. The topological polar surface area (TPSA) is 68.3 Å². The highest BCUT2D eigenvalue weighted by molar-refractivity contribution is 5.76. The predicted octanol–water partition coefficient (Wildman–Crippen LogP) is 3.25. The molecule has 2 aromatic rings. The van der Waals surface area contributed by atoms with Crippen LogP contribution >= 0.6 is 0 Å². The zero-order valence-electron chi connectivity index (χ0n) is 15.0. The van der Waals surface area contributed by atoms with E-state index in [4.69, 9.17) is 4.42 Å². The second-order valence-electron chi connectivity index (χ2n) is 7.45. The molecule has 0 bridgehead atoms. The third kappa shape index (κ3) is 3.59. The Morgan fingerprint density at radius 1 is 1.08 bits per heavy atom. The van der Waals surface area contributed by atoms with Crippen LogP contribution < -0.4 is 5.76 Å². The van der Waals surface area contributed by atoms with Crippen molar-refractivity contribution >= 4 is 5.91 Å². The maximum Gasteiger partial charge on any atom is 0.437 e. The van der Waals surface area contributed by atoms with Gasteiger partial charge in [0.15, 0.2) is 0 Å². The van der Waals surface area contributed by atoms with Gasteiger partial charge in [0.25, 0.3) is 0 Å². The van der Waals surface area contributed by atoms with E-state index in [0.29, 0.717) is 31.3 Å². The van der Waals surface area contributed by atoms with Gasteiger partial charge in [-0.2, -0.15) is 4.68 Å². The number of carbonyl (C=O) groups is 1. The highest BCUT2D eigenvalue weighted by Crippen LogP contribution is 2.29. The van der Waals surface area contributed by atoms with Crippen LogP contribution in [0.15, 0.2) is 39.5 Å². The minimum atomic E-state index is -0.417. The molecule has 1 saturated carbocycles. The zero-order chi connectivity index (χ0) is 17.9. The molecule has 1 aromatic heterocycles. The average Bonchev–Trinajstić information content (AvgIpc) is 3.32.